The fourth-order valence-corrected chi connectivity index (χ4v) is 4.96. The number of methoxy groups -OCH3 is 1. The van der Waals surface area contributed by atoms with Gasteiger partial charge in [0.05, 0.1) is 32.5 Å². The number of amides is 1. The molecule has 0 spiro atoms. The minimum atomic E-state index is -0.672. The van der Waals surface area contributed by atoms with Gasteiger partial charge in [-0.2, -0.15) is 0 Å². The van der Waals surface area contributed by atoms with Gasteiger partial charge in [0, 0.05) is 18.1 Å². The molecule has 0 aromatic rings. The van der Waals surface area contributed by atoms with Crippen LogP contribution in [0.1, 0.15) is 87.0 Å². The van der Waals surface area contributed by atoms with Crippen LogP contribution in [0, 0.1) is 0 Å². The Balaban J connectivity index is 1.65. The normalized spacial score (nSPS) is 29.0. The number of nitrogens with zero attached hydrogens (tertiary/aromatic N) is 1. The Hall–Kier alpha value is -1.38. The molecule has 1 amide bonds. The summed E-state index contributed by atoms with van der Waals surface area (Å²) in [5, 5.41) is 3.42. The molecule has 1 N–H and O–H groups in total. The third-order valence-electron chi connectivity index (χ3n) is 6.49. The van der Waals surface area contributed by atoms with Crippen LogP contribution in [0.4, 0.5) is 4.79 Å². The van der Waals surface area contributed by atoms with Crippen molar-refractivity contribution in [3.63, 3.8) is 0 Å². The van der Waals surface area contributed by atoms with E-state index >= 15 is 0 Å². The first-order chi connectivity index (χ1) is 15.3. The third-order valence-corrected chi connectivity index (χ3v) is 6.49. The maximum Gasteiger partial charge on any atom is 0.410 e. The molecule has 8 nitrogen and oxygen atoms in total. The van der Waals surface area contributed by atoms with Gasteiger partial charge in [-0.25, -0.2) is 4.79 Å². The van der Waals surface area contributed by atoms with Gasteiger partial charge in [0.25, 0.3) is 0 Å². The first-order valence-corrected chi connectivity index (χ1v) is 12.4. The molecule has 192 valence electrons. The van der Waals surface area contributed by atoms with Crippen molar-refractivity contribution in [2.24, 2.45) is 0 Å². The zero-order valence-corrected chi connectivity index (χ0v) is 21.9. The van der Waals surface area contributed by atoms with E-state index in [4.69, 9.17) is 18.9 Å². The van der Waals surface area contributed by atoms with Crippen LogP contribution >= 0.6 is 0 Å². The summed E-state index contributed by atoms with van der Waals surface area (Å²) in [6.07, 6.45) is 5.61. The average molecular weight is 471 g/mol. The largest absolute Gasteiger partial charge is 0.468 e. The molecule has 3 atom stereocenters. The standard InChI is InChI=1S/C25H46N2O6/c1-17-15-21(16-18(2)27(17)23(29)33-24(3,4)5)32-14-13-31-20-11-9-19(10-12-20)26-25(6,7)22(28)30-8/h17-21,26H,9-16H2,1-8H3/t17-,18+,19-,20-,21?. The number of nitrogens with one attached hydrogen (secondary N) is 1. The zero-order chi connectivity index (χ0) is 24.8. The molecular weight excluding hydrogens is 424 g/mol. The number of hydrogen-bond acceptors (Lipinski definition) is 7. The lowest BCUT2D eigenvalue weighted by atomic mass is 9.90. The molecule has 0 radical (unpaired) electrons. The monoisotopic (exact) mass is 470 g/mol. The second kappa shape index (κ2) is 11.8. The third kappa shape index (κ3) is 8.72. The van der Waals surface area contributed by atoms with Crippen molar-refractivity contribution in [2.45, 2.75) is 128 Å². The van der Waals surface area contributed by atoms with Crippen LogP contribution in [-0.2, 0) is 23.7 Å². The number of carbonyl (C=O) groups excluding carboxylic acids is 2. The number of piperidine rings is 1. The topological polar surface area (TPSA) is 86.3 Å². The van der Waals surface area contributed by atoms with Crippen molar-refractivity contribution in [1.82, 2.24) is 10.2 Å². The number of hydrogen-bond donors (Lipinski definition) is 1. The van der Waals surface area contributed by atoms with Crippen molar-refractivity contribution in [3.05, 3.63) is 0 Å². The van der Waals surface area contributed by atoms with E-state index in [0.29, 0.717) is 19.3 Å². The van der Waals surface area contributed by atoms with Gasteiger partial charge in [0.1, 0.15) is 11.1 Å². The molecule has 1 saturated carbocycles. The number of carbonyl (C=O) groups is 2. The number of likely N-dealkylation sites (tertiary alicyclic amines) is 1. The molecule has 2 aliphatic rings. The van der Waals surface area contributed by atoms with Crippen LogP contribution in [0.25, 0.3) is 0 Å². The molecule has 1 aliphatic heterocycles. The van der Waals surface area contributed by atoms with E-state index in [1.165, 1.54) is 7.11 Å². The summed E-state index contributed by atoms with van der Waals surface area (Å²) in [5.74, 6) is -0.237. The minimum absolute atomic E-state index is 0.0755. The van der Waals surface area contributed by atoms with E-state index in [2.05, 4.69) is 19.2 Å². The second-order valence-corrected chi connectivity index (χ2v) is 11.2. The molecule has 1 aliphatic carbocycles. The van der Waals surface area contributed by atoms with Gasteiger partial charge < -0.3 is 23.8 Å². The number of rotatable bonds is 8. The van der Waals surface area contributed by atoms with E-state index in [9.17, 15) is 9.59 Å². The Labute approximate surface area is 200 Å². The highest BCUT2D eigenvalue weighted by Crippen LogP contribution is 2.27. The Morgan fingerprint density at radius 1 is 0.879 bits per heavy atom. The van der Waals surface area contributed by atoms with Gasteiger partial charge in [0.15, 0.2) is 0 Å². The predicted molar refractivity (Wildman–Crippen MR) is 127 cm³/mol. The summed E-state index contributed by atoms with van der Waals surface area (Å²) >= 11 is 0. The lowest BCUT2D eigenvalue weighted by Crippen LogP contribution is -2.53. The molecule has 1 unspecified atom stereocenters. The SMILES string of the molecule is COC(=O)C(C)(C)N[C@H]1CC[C@H](OCCOC2C[C@@H](C)N(C(=O)OC(C)(C)C)[C@@H](C)C2)CC1. The number of esters is 1. The van der Waals surface area contributed by atoms with Crippen LogP contribution in [0.3, 0.4) is 0 Å². The Morgan fingerprint density at radius 2 is 1.39 bits per heavy atom. The maximum absolute atomic E-state index is 12.5. The molecule has 1 heterocycles. The summed E-state index contributed by atoms with van der Waals surface area (Å²) in [7, 11) is 1.42. The first kappa shape index (κ1) is 27.9. The highest BCUT2D eigenvalue weighted by atomic mass is 16.6. The quantitative estimate of drug-likeness (QED) is 0.423. The molecule has 0 aromatic carbocycles. The summed E-state index contributed by atoms with van der Waals surface area (Å²) in [6, 6.07) is 0.450. The lowest BCUT2D eigenvalue weighted by molar-refractivity contribution is -0.147. The molecule has 0 aromatic heterocycles. The summed E-state index contributed by atoms with van der Waals surface area (Å²) in [5.41, 5.74) is -1.16. The van der Waals surface area contributed by atoms with Gasteiger partial charge in [-0.15, -0.1) is 0 Å². The van der Waals surface area contributed by atoms with Crippen molar-refractivity contribution < 1.29 is 28.5 Å². The summed E-state index contributed by atoms with van der Waals surface area (Å²) in [4.78, 5) is 26.3. The van der Waals surface area contributed by atoms with Crippen molar-refractivity contribution in [2.75, 3.05) is 20.3 Å². The van der Waals surface area contributed by atoms with Crippen molar-refractivity contribution in [1.29, 1.82) is 0 Å². The highest BCUT2D eigenvalue weighted by molar-refractivity contribution is 5.79. The number of ether oxygens (including phenoxy) is 4. The minimum Gasteiger partial charge on any atom is -0.468 e. The van der Waals surface area contributed by atoms with Crippen LogP contribution in [0.2, 0.25) is 0 Å². The van der Waals surface area contributed by atoms with Crippen molar-refractivity contribution >= 4 is 12.1 Å². The molecule has 2 rings (SSSR count). The molecular formula is C25H46N2O6. The van der Waals surface area contributed by atoms with Gasteiger partial charge in [-0.05, 0) is 87.0 Å². The van der Waals surface area contributed by atoms with E-state index in [0.717, 1.165) is 38.5 Å². The van der Waals surface area contributed by atoms with Crippen LogP contribution < -0.4 is 5.32 Å². The Kier molecular flexibility index (Phi) is 10.0. The maximum atomic E-state index is 12.5. The predicted octanol–water partition coefficient (Wildman–Crippen LogP) is 4.05. The fraction of sp³-hybridized carbons (Fsp3) is 0.920. The van der Waals surface area contributed by atoms with Gasteiger partial charge >= 0.3 is 12.1 Å². The van der Waals surface area contributed by atoms with Crippen LogP contribution in [0.5, 0.6) is 0 Å². The molecule has 33 heavy (non-hydrogen) atoms. The molecule has 1 saturated heterocycles. The second-order valence-electron chi connectivity index (χ2n) is 11.2. The zero-order valence-electron chi connectivity index (χ0n) is 21.9. The molecule has 0 bridgehead atoms. The smallest absolute Gasteiger partial charge is 0.410 e. The molecule has 2 fully saturated rings. The summed E-state index contributed by atoms with van der Waals surface area (Å²) < 4.78 is 22.6. The van der Waals surface area contributed by atoms with E-state index in [-0.39, 0.29) is 36.4 Å². The highest BCUT2D eigenvalue weighted by Gasteiger charge is 2.37. The molecule has 8 heteroatoms. The van der Waals surface area contributed by atoms with Gasteiger partial charge in [-0.1, -0.05) is 0 Å². The van der Waals surface area contributed by atoms with Crippen LogP contribution in [-0.4, -0.2) is 78.8 Å². The lowest BCUT2D eigenvalue weighted by Gasteiger charge is -2.42. The summed E-state index contributed by atoms with van der Waals surface area (Å²) in [6.45, 7) is 14.6. The first-order valence-electron chi connectivity index (χ1n) is 12.4. The Bertz CT molecular complexity index is 627. The van der Waals surface area contributed by atoms with Gasteiger partial charge in [-0.3, -0.25) is 10.1 Å². The van der Waals surface area contributed by atoms with Crippen molar-refractivity contribution in [3.8, 4) is 0 Å². The van der Waals surface area contributed by atoms with E-state index in [1.54, 1.807) is 0 Å². The average Bonchev–Trinajstić information content (AvgIpc) is 2.69. The van der Waals surface area contributed by atoms with Crippen LogP contribution in [0.15, 0.2) is 0 Å². The van der Waals surface area contributed by atoms with Gasteiger partial charge in [0.2, 0.25) is 0 Å². The Morgan fingerprint density at radius 3 is 1.88 bits per heavy atom. The van der Waals surface area contributed by atoms with E-state index < -0.39 is 11.1 Å². The van der Waals surface area contributed by atoms with E-state index in [1.807, 2.05) is 39.5 Å². The fourth-order valence-electron chi connectivity index (χ4n) is 4.96.